The quantitative estimate of drug-likeness (QED) is 0.782. The molecule has 0 aromatic carbocycles. The molecule has 6 nitrogen and oxygen atoms in total. The number of hydrogen-bond acceptors (Lipinski definition) is 4. The SMILES string of the molecule is O=C(O)c1cc(CO)nn1-c1ccccn1. The first kappa shape index (κ1) is 10.3. The van der Waals surface area contributed by atoms with Crippen molar-refractivity contribution in [2.24, 2.45) is 0 Å². The first-order chi connectivity index (χ1) is 7.72. The average molecular weight is 219 g/mol. The van der Waals surface area contributed by atoms with Gasteiger partial charge in [0, 0.05) is 6.20 Å². The molecule has 0 aliphatic heterocycles. The number of aromatic nitrogens is 3. The van der Waals surface area contributed by atoms with E-state index in [0.717, 1.165) is 0 Å². The number of rotatable bonds is 3. The van der Waals surface area contributed by atoms with E-state index in [1.165, 1.54) is 10.7 Å². The van der Waals surface area contributed by atoms with Crippen LogP contribution < -0.4 is 0 Å². The van der Waals surface area contributed by atoms with E-state index in [1.807, 2.05) is 0 Å². The van der Waals surface area contributed by atoms with Gasteiger partial charge >= 0.3 is 5.97 Å². The summed E-state index contributed by atoms with van der Waals surface area (Å²) in [6, 6.07) is 6.41. The maximum atomic E-state index is 11.0. The number of carboxylic acid groups (broad SMARTS) is 1. The maximum Gasteiger partial charge on any atom is 0.354 e. The van der Waals surface area contributed by atoms with Crippen molar-refractivity contribution in [3.05, 3.63) is 41.9 Å². The van der Waals surface area contributed by atoms with E-state index >= 15 is 0 Å². The van der Waals surface area contributed by atoms with Gasteiger partial charge in [-0.15, -0.1) is 0 Å². The highest BCUT2D eigenvalue weighted by Gasteiger charge is 2.15. The molecular formula is C10H9N3O3. The van der Waals surface area contributed by atoms with Gasteiger partial charge in [0.1, 0.15) is 0 Å². The molecule has 16 heavy (non-hydrogen) atoms. The zero-order valence-electron chi connectivity index (χ0n) is 8.24. The van der Waals surface area contributed by atoms with Crippen LogP contribution in [0.5, 0.6) is 0 Å². The maximum absolute atomic E-state index is 11.0. The van der Waals surface area contributed by atoms with Crippen LogP contribution in [0.1, 0.15) is 16.2 Å². The highest BCUT2D eigenvalue weighted by atomic mass is 16.4. The molecule has 6 heteroatoms. The van der Waals surface area contributed by atoms with E-state index in [1.54, 1.807) is 24.4 Å². The molecule has 2 aromatic heterocycles. The van der Waals surface area contributed by atoms with Crippen molar-refractivity contribution in [3.63, 3.8) is 0 Å². The van der Waals surface area contributed by atoms with Crippen LogP contribution in [0.3, 0.4) is 0 Å². The molecule has 0 radical (unpaired) electrons. The summed E-state index contributed by atoms with van der Waals surface area (Å²) in [6.07, 6.45) is 1.54. The van der Waals surface area contributed by atoms with Crippen molar-refractivity contribution in [1.29, 1.82) is 0 Å². The van der Waals surface area contributed by atoms with Gasteiger partial charge in [0.15, 0.2) is 11.5 Å². The molecule has 2 aromatic rings. The van der Waals surface area contributed by atoms with E-state index in [0.29, 0.717) is 11.5 Å². The lowest BCUT2D eigenvalue weighted by Gasteiger charge is -2.01. The molecule has 0 fully saturated rings. The Bertz CT molecular complexity index is 507. The molecule has 0 bridgehead atoms. The molecule has 2 heterocycles. The van der Waals surface area contributed by atoms with Gasteiger partial charge in [-0.25, -0.2) is 14.5 Å². The van der Waals surface area contributed by atoms with Gasteiger partial charge in [-0.3, -0.25) is 0 Å². The smallest absolute Gasteiger partial charge is 0.354 e. The van der Waals surface area contributed by atoms with Crippen molar-refractivity contribution in [2.75, 3.05) is 0 Å². The third-order valence-corrected chi connectivity index (χ3v) is 2.01. The highest BCUT2D eigenvalue weighted by molar-refractivity contribution is 5.86. The summed E-state index contributed by atoms with van der Waals surface area (Å²) in [5.74, 6) is -0.711. The Kier molecular flexibility index (Phi) is 2.65. The van der Waals surface area contributed by atoms with Crippen molar-refractivity contribution in [1.82, 2.24) is 14.8 Å². The predicted molar refractivity (Wildman–Crippen MR) is 54.2 cm³/mol. The van der Waals surface area contributed by atoms with Crippen molar-refractivity contribution in [2.45, 2.75) is 6.61 Å². The van der Waals surface area contributed by atoms with Gasteiger partial charge in [-0.1, -0.05) is 6.07 Å². The fourth-order valence-electron chi connectivity index (χ4n) is 1.31. The second-order valence-corrected chi connectivity index (χ2v) is 3.08. The van der Waals surface area contributed by atoms with Crippen LogP contribution in [0.25, 0.3) is 5.82 Å². The fourth-order valence-corrected chi connectivity index (χ4v) is 1.31. The minimum atomic E-state index is -1.11. The van der Waals surface area contributed by atoms with Crippen LogP contribution in [0.2, 0.25) is 0 Å². The minimum absolute atomic E-state index is 0.0252. The predicted octanol–water partition coefficient (Wildman–Crippen LogP) is 0.458. The van der Waals surface area contributed by atoms with Gasteiger partial charge in [0.2, 0.25) is 0 Å². The molecule has 2 rings (SSSR count). The summed E-state index contributed by atoms with van der Waals surface area (Å²) in [5, 5.41) is 21.8. The van der Waals surface area contributed by atoms with Crippen LogP contribution >= 0.6 is 0 Å². The fraction of sp³-hybridized carbons (Fsp3) is 0.100. The Morgan fingerprint density at radius 3 is 2.81 bits per heavy atom. The number of nitrogens with zero attached hydrogens (tertiary/aromatic N) is 3. The first-order valence-corrected chi connectivity index (χ1v) is 4.57. The zero-order chi connectivity index (χ0) is 11.5. The van der Waals surface area contributed by atoms with Gasteiger partial charge < -0.3 is 10.2 Å². The monoisotopic (exact) mass is 219 g/mol. The molecular weight excluding hydrogens is 210 g/mol. The largest absolute Gasteiger partial charge is 0.477 e. The Balaban J connectivity index is 2.55. The number of carboxylic acids is 1. The lowest BCUT2D eigenvalue weighted by molar-refractivity contribution is 0.0687. The number of aliphatic hydroxyl groups excluding tert-OH is 1. The molecule has 0 spiro atoms. The number of aromatic carboxylic acids is 1. The van der Waals surface area contributed by atoms with E-state index in [4.69, 9.17) is 10.2 Å². The van der Waals surface area contributed by atoms with Gasteiger partial charge in [0.05, 0.1) is 12.3 Å². The Hall–Kier alpha value is -2.21. The summed E-state index contributed by atoms with van der Waals surface area (Å²) >= 11 is 0. The number of aliphatic hydroxyl groups is 1. The molecule has 0 aliphatic rings. The molecule has 0 amide bonds. The van der Waals surface area contributed by atoms with Crippen LogP contribution in [-0.4, -0.2) is 30.9 Å². The van der Waals surface area contributed by atoms with Crippen molar-refractivity contribution in [3.8, 4) is 5.82 Å². The second-order valence-electron chi connectivity index (χ2n) is 3.08. The van der Waals surface area contributed by atoms with Crippen molar-refractivity contribution >= 4 is 5.97 Å². The van der Waals surface area contributed by atoms with Gasteiger partial charge in [-0.05, 0) is 18.2 Å². The topological polar surface area (TPSA) is 88.2 Å². The Labute approximate surface area is 90.8 Å². The number of hydrogen-bond donors (Lipinski definition) is 2. The Morgan fingerprint density at radius 2 is 2.25 bits per heavy atom. The minimum Gasteiger partial charge on any atom is -0.477 e. The summed E-state index contributed by atoms with van der Waals surface area (Å²) in [5.41, 5.74) is 0.269. The average Bonchev–Trinajstić information content (AvgIpc) is 2.74. The van der Waals surface area contributed by atoms with Crippen LogP contribution in [0.4, 0.5) is 0 Å². The van der Waals surface area contributed by atoms with Crippen LogP contribution in [-0.2, 0) is 6.61 Å². The highest BCUT2D eigenvalue weighted by Crippen LogP contribution is 2.10. The molecule has 82 valence electrons. The zero-order valence-corrected chi connectivity index (χ0v) is 8.24. The van der Waals surface area contributed by atoms with E-state index in [-0.39, 0.29) is 12.3 Å². The first-order valence-electron chi connectivity index (χ1n) is 4.57. The summed E-state index contributed by atoms with van der Waals surface area (Å²) in [7, 11) is 0. The van der Waals surface area contributed by atoms with E-state index in [2.05, 4.69) is 10.1 Å². The standard InChI is InChI=1S/C10H9N3O3/c14-6-7-5-8(10(15)16)13(12-7)9-3-1-2-4-11-9/h1-5,14H,6H2,(H,15,16). The van der Waals surface area contributed by atoms with Crippen LogP contribution in [0, 0.1) is 0 Å². The molecule has 0 unspecified atom stereocenters. The number of pyridine rings is 1. The molecule has 0 saturated carbocycles. The van der Waals surface area contributed by atoms with E-state index < -0.39 is 5.97 Å². The number of carbonyl (C=O) groups is 1. The Morgan fingerprint density at radius 1 is 1.44 bits per heavy atom. The summed E-state index contributed by atoms with van der Waals surface area (Å²) in [6.45, 7) is -0.305. The summed E-state index contributed by atoms with van der Waals surface area (Å²) < 4.78 is 1.19. The van der Waals surface area contributed by atoms with Crippen LogP contribution in [0.15, 0.2) is 30.5 Å². The second kappa shape index (κ2) is 4.11. The van der Waals surface area contributed by atoms with Gasteiger partial charge in [-0.2, -0.15) is 5.10 Å². The molecule has 2 N–H and O–H groups in total. The molecule has 0 atom stereocenters. The molecule has 0 aliphatic carbocycles. The van der Waals surface area contributed by atoms with Gasteiger partial charge in [0.25, 0.3) is 0 Å². The van der Waals surface area contributed by atoms with E-state index in [9.17, 15) is 4.79 Å². The third-order valence-electron chi connectivity index (χ3n) is 2.01. The van der Waals surface area contributed by atoms with Crippen molar-refractivity contribution < 1.29 is 15.0 Å². The lowest BCUT2D eigenvalue weighted by atomic mass is 10.3. The lowest BCUT2D eigenvalue weighted by Crippen LogP contribution is -2.09. The third kappa shape index (κ3) is 1.78. The molecule has 0 saturated heterocycles. The normalized spacial score (nSPS) is 10.3. The summed E-state index contributed by atoms with van der Waals surface area (Å²) in [4.78, 5) is 14.9.